The molecular weight excluding hydrogens is 358 g/mol. The summed E-state index contributed by atoms with van der Waals surface area (Å²) >= 11 is 0. The molecule has 2 atom stereocenters. The number of ether oxygens (including phenoxy) is 1. The molecule has 2 N–H and O–H groups in total. The number of hydrogen-bond acceptors (Lipinski definition) is 3. The number of aliphatic hydroxyl groups excluding tert-OH is 1. The predicted octanol–water partition coefficient (Wildman–Crippen LogP) is 4.18. The highest BCUT2D eigenvalue weighted by Gasteiger charge is 2.49. The highest BCUT2D eigenvalue weighted by atomic mass is 35.5. The summed E-state index contributed by atoms with van der Waals surface area (Å²) in [6.07, 6.45) is 4.85. The van der Waals surface area contributed by atoms with E-state index in [9.17, 15) is 5.11 Å². The van der Waals surface area contributed by atoms with Gasteiger partial charge in [0.2, 0.25) is 0 Å². The molecule has 4 rings (SSSR count). The van der Waals surface area contributed by atoms with Crippen LogP contribution in [0.15, 0.2) is 54.6 Å². The Bertz CT molecular complexity index is 711. The second-order valence-corrected chi connectivity index (χ2v) is 7.66. The zero-order valence-electron chi connectivity index (χ0n) is 15.8. The Morgan fingerprint density at radius 1 is 1.00 bits per heavy atom. The predicted molar refractivity (Wildman–Crippen MR) is 112 cm³/mol. The molecule has 3 nitrogen and oxygen atoms in total. The Balaban J connectivity index is 0.00000210. The van der Waals surface area contributed by atoms with Crippen LogP contribution < -0.4 is 5.32 Å². The van der Waals surface area contributed by atoms with E-state index < -0.39 is 0 Å². The Hall–Kier alpha value is -1.39. The van der Waals surface area contributed by atoms with E-state index in [1.165, 1.54) is 42.4 Å². The smallest absolute Gasteiger partial charge is 0.0821 e. The van der Waals surface area contributed by atoms with Crippen molar-refractivity contribution in [1.82, 2.24) is 5.32 Å². The minimum absolute atomic E-state index is 0. The number of benzene rings is 2. The van der Waals surface area contributed by atoms with Crippen LogP contribution in [0.4, 0.5) is 0 Å². The van der Waals surface area contributed by atoms with E-state index in [0.717, 1.165) is 13.1 Å². The topological polar surface area (TPSA) is 41.5 Å². The van der Waals surface area contributed by atoms with E-state index in [0.29, 0.717) is 12.5 Å². The van der Waals surface area contributed by atoms with Gasteiger partial charge in [0, 0.05) is 18.5 Å². The monoisotopic (exact) mass is 387 g/mol. The van der Waals surface area contributed by atoms with Gasteiger partial charge in [0.1, 0.15) is 0 Å². The first-order chi connectivity index (χ1) is 12.9. The third kappa shape index (κ3) is 3.79. The maximum Gasteiger partial charge on any atom is 0.0821 e. The van der Waals surface area contributed by atoms with Crippen LogP contribution >= 0.6 is 12.4 Å². The molecule has 1 aliphatic heterocycles. The fourth-order valence-corrected chi connectivity index (χ4v) is 5.07. The molecule has 4 heteroatoms. The lowest BCUT2D eigenvalue weighted by molar-refractivity contribution is -0.0645. The lowest BCUT2D eigenvalue weighted by Gasteiger charge is -2.46. The van der Waals surface area contributed by atoms with E-state index in [4.69, 9.17) is 4.74 Å². The molecule has 0 bridgehead atoms. The molecule has 2 unspecified atom stereocenters. The van der Waals surface area contributed by atoms with Crippen molar-refractivity contribution in [2.75, 3.05) is 26.3 Å². The molecule has 1 saturated carbocycles. The first-order valence-electron chi connectivity index (χ1n) is 9.94. The first-order valence-corrected chi connectivity index (χ1v) is 9.94. The van der Waals surface area contributed by atoms with Gasteiger partial charge in [-0.15, -0.1) is 12.4 Å². The van der Waals surface area contributed by atoms with Crippen LogP contribution in [0.3, 0.4) is 0 Å². The van der Waals surface area contributed by atoms with Gasteiger partial charge in [-0.1, -0.05) is 67.4 Å². The Kier molecular flexibility index (Phi) is 6.93. The summed E-state index contributed by atoms with van der Waals surface area (Å²) in [7, 11) is 0. The Labute approximate surface area is 168 Å². The molecule has 0 aromatic heterocycles. The van der Waals surface area contributed by atoms with Crippen molar-refractivity contribution in [1.29, 1.82) is 0 Å². The summed E-state index contributed by atoms with van der Waals surface area (Å²) in [6.45, 7) is 2.55. The molecule has 27 heavy (non-hydrogen) atoms. The molecular formula is C23H30ClNO2. The van der Waals surface area contributed by atoms with E-state index >= 15 is 0 Å². The van der Waals surface area contributed by atoms with Gasteiger partial charge >= 0.3 is 0 Å². The summed E-state index contributed by atoms with van der Waals surface area (Å²) in [5.41, 5.74) is 3.33. The van der Waals surface area contributed by atoms with Crippen molar-refractivity contribution < 1.29 is 9.84 Å². The van der Waals surface area contributed by atoms with Gasteiger partial charge in [-0.2, -0.15) is 0 Å². The van der Waals surface area contributed by atoms with Crippen LogP contribution in [0, 0.1) is 5.92 Å². The van der Waals surface area contributed by atoms with Crippen molar-refractivity contribution in [3.63, 3.8) is 0 Å². The Morgan fingerprint density at radius 2 is 1.70 bits per heavy atom. The van der Waals surface area contributed by atoms with Crippen LogP contribution in [-0.4, -0.2) is 37.5 Å². The molecule has 0 radical (unpaired) electrons. The van der Waals surface area contributed by atoms with Gasteiger partial charge in [0.15, 0.2) is 0 Å². The lowest BCUT2D eigenvalue weighted by atomic mass is 9.64. The van der Waals surface area contributed by atoms with E-state index in [2.05, 4.69) is 59.9 Å². The van der Waals surface area contributed by atoms with Gasteiger partial charge < -0.3 is 15.2 Å². The fourth-order valence-electron chi connectivity index (χ4n) is 5.07. The highest BCUT2D eigenvalue weighted by Crippen LogP contribution is 2.48. The van der Waals surface area contributed by atoms with Gasteiger partial charge in [-0.05, 0) is 35.4 Å². The summed E-state index contributed by atoms with van der Waals surface area (Å²) in [5.74, 6) is 0.460. The SMILES string of the molecule is Cl.OCC(c1ccccc1-c1ccccc1)(C1CCCC1)C1CNCCO1. The maximum atomic E-state index is 10.8. The fraction of sp³-hybridized carbons (Fsp3) is 0.478. The zero-order valence-corrected chi connectivity index (χ0v) is 16.6. The van der Waals surface area contributed by atoms with Crippen LogP contribution in [0.25, 0.3) is 11.1 Å². The number of halogens is 1. The summed E-state index contributed by atoms with van der Waals surface area (Å²) in [6, 6.07) is 19.2. The van der Waals surface area contributed by atoms with Crippen molar-refractivity contribution in [3.05, 3.63) is 60.2 Å². The van der Waals surface area contributed by atoms with Crippen LogP contribution in [0.1, 0.15) is 31.2 Å². The second kappa shape index (κ2) is 9.20. The standard InChI is InChI=1S/C23H29NO2.ClH/c25-17-23(19-10-4-5-11-19,22-16-24-14-15-26-22)21-13-7-6-12-20(21)18-8-2-1-3-9-18;/h1-3,6-9,12-13,19,22,24-25H,4-5,10-11,14-17H2;1H. The highest BCUT2D eigenvalue weighted by molar-refractivity contribution is 5.85. The number of rotatable bonds is 5. The molecule has 2 aromatic rings. The normalized spacial score (nSPS) is 22.8. The molecule has 2 aliphatic rings. The summed E-state index contributed by atoms with van der Waals surface area (Å²) in [5, 5.41) is 14.3. The second-order valence-electron chi connectivity index (χ2n) is 7.66. The number of hydrogen-bond donors (Lipinski definition) is 2. The lowest BCUT2D eigenvalue weighted by Crippen LogP contribution is -2.56. The van der Waals surface area contributed by atoms with Gasteiger partial charge in [0.25, 0.3) is 0 Å². The van der Waals surface area contributed by atoms with Crippen molar-refractivity contribution in [2.24, 2.45) is 5.92 Å². The van der Waals surface area contributed by atoms with E-state index in [1.54, 1.807) is 0 Å². The molecule has 1 aliphatic carbocycles. The largest absolute Gasteiger partial charge is 0.395 e. The average molecular weight is 388 g/mol. The third-order valence-electron chi connectivity index (χ3n) is 6.36. The van der Waals surface area contributed by atoms with E-state index in [-0.39, 0.29) is 30.5 Å². The summed E-state index contributed by atoms with van der Waals surface area (Å²) < 4.78 is 6.27. The number of nitrogens with one attached hydrogen (secondary N) is 1. The van der Waals surface area contributed by atoms with Gasteiger partial charge in [0.05, 0.1) is 19.3 Å². The molecule has 2 aromatic carbocycles. The van der Waals surface area contributed by atoms with Crippen molar-refractivity contribution in [2.45, 2.75) is 37.2 Å². The summed E-state index contributed by atoms with van der Waals surface area (Å²) in [4.78, 5) is 0. The first kappa shape index (κ1) is 20.3. The third-order valence-corrected chi connectivity index (χ3v) is 6.36. The minimum atomic E-state index is -0.351. The Morgan fingerprint density at radius 3 is 2.37 bits per heavy atom. The van der Waals surface area contributed by atoms with Gasteiger partial charge in [-0.3, -0.25) is 0 Å². The zero-order chi connectivity index (χ0) is 17.8. The van der Waals surface area contributed by atoms with Crippen LogP contribution in [-0.2, 0) is 10.2 Å². The van der Waals surface area contributed by atoms with E-state index in [1.807, 2.05) is 0 Å². The molecule has 2 fully saturated rings. The van der Waals surface area contributed by atoms with Gasteiger partial charge in [-0.25, -0.2) is 0 Å². The minimum Gasteiger partial charge on any atom is -0.395 e. The quantitative estimate of drug-likeness (QED) is 0.808. The molecule has 146 valence electrons. The van der Waals surface area contributed by atoms with Crippen molar-refractivity contribution >= 4 is 12.4 Å². The van der Waals surface area contributed by atoms with Crippen LogP contribution in [0.2, 0.25) is 0 Å². The molecule has 0 spiro atoms. The number of morpholine rings is 1. The maximum absolute atomic E-state index is 10.8. The number of aliphatic hydroxyl groups is 1. The molecule has 1 saturated heterocycles. The average Bonchev–Trinajstić information content (AvgIpc) is 3.26. The molecule has 0 amide bonds. The van der Waals surface area contributed by atoms with Crippen molar-refractivity contribution in [3.8, 4) is 11.1 Å². The molecule has 1 heterocycles. The van der Waals surface area contributed by atoms with Crippen LogP contribution in [0.5, 0.6) is 0 Å².